The van der Waals surface area contributed by atoms with Crippen molar-refractivity contribution in [3.8, 4) is 11.5 Å². The first-order valence-corrected chi connectivity index (χ1v) is 9.97. The van der Waals surface area contributed by atoms with Crippen molar-refractivity contribution in [2.45, 2.75) is 32.4 Å². The number of methoxy groups -OCH3 is 2. The van der Waals surface area contributed by atoms with Gasteiger partial charge in [-0.2, -0.15) is 0 Å². The van der Waals surface area contributed by atoms with Gasteiger partial charge in [-0.1, -0.05) is 44.2 Å². The Labute approximate surface area is 176 Å². The number of rotatable bonds is 6. The van der Waals surface area contributed by atoms with Gasteiger partial charge in [0.2, 0.25) is 0 Å². The van der Waals surface area contributed by atoms with E-state index in [2.05, 4.69) is 5.32 Å². The van der Waals surface area contributed by atoms with Crippen molar-refractivity contribution in [2.24, 2.45) is 5.92 Å². The summed E-state index contributed by atoms with van der Waals surface area (Å²) in [4.78, 5) is 26.5. The molecule has 0 aromatic heterocycles. The fraction of sp³-hybridized carbons (Fsp3) is 0.391. The van der Waals surface area contributed by atoms with Crippen LogP contribution in [0.1, 0.15) is 36.6 Å². The van der Waals surface area contributed by atoms with E-state index >= 15 is 0 Å². The number of aliphatic carboxylic acids is 1. The van der Waals surface area contributed by atoms with Gasteiger partial charge >= 0.3 is 12.0 Å². The second-order valence-corrected chi connectivity index (χ2v) is 7.67. The first-order chi connectivity index (χ1) is 14.4. The van der Waals surface area contributed by atoms with Gasteiger partial charge in [-0.25, -0.2) is 9.59 Å². The Morgan fingerprint density at radius 2 is 1.73 bits per heavy atom. The molecule has 0 saturated carbocycles. The third kappa shape index (κ3) is 4.20. The number of hydrogen-bond donors (Lipinski definition) is 2. The van der Waals surface area contributed by atoms with Crippen LogP contribution in [0.3, 0.4) is 0 Å². The minimum atomic E-state index is -1.04. The van der Waals surface area contributed by atoms with E-state index in [-0.39, 0.29) is 12.0 Å². The van der Waals surface area contributed by atoms with E-state index in [0.717, 1.165) is 16.7 Å². The number of urea groups is 1. The van der Waals surface area contributed by atoms with Crippen molar-refractivity contribution in [3.05, 3.63) is 59.2 Å². The molecule has 0 radical (unpaired) electrons. The Morgan fingerprint density at radius 1 is 1.10 bits per heavy atom. The van der Waals surface area contributed by atoms with E-state index in [1.54, 1.807) is 33.0 Å². The maximum atomic E-state index is 13.2. The van der Waals surface area contributed by atoms with Crippen molar-refractivity contribution < 1.29 is 24.2 Å². The number of nitrogens with zero attached hydrogens (tertiary/aromatic N) is 1. The number of carbonyl (C=O) groups excluding carboxylic acids is 1. The second-order valence-electron chi connectivity index (χ2n) is 7.67. The lowest BCUT2D eigenvalue weighted by molar-refractivity contribution is -0.140. The maximum Gasteiger partial charge on any atom is 0.326 e. The molecule has 2 N–H and O–H groups in total. The highest BCUT2D eigenvalue weighted by Gasteiger charge is 2.35. The lowest BCUT2D eigenvalue weighted by Crippen LogP contribution is -2.52. The third-order valence-corrected chi connectivity index (χ3v) is 5.46. The Bertz CT molecular complexity index is 913. The number of carbonyl (C=O) groups is 2. The zero-order chi connectivity index (χ0) is 21.8. The van der Waals surface area contributed by atoms with Crippen LogP contribution < -0.4 is 14.8 Å². The lowest BCUT2D eigenvalue weighted by Gasteiger charge is -2.38. The molecule has 2 amide bonds. The number of ether oxygens (including phenoxy) is 2. The molecule has 2 atom stereocenters. The molecule has 2 aromatic carbocycles. The van der Waals surface area contributed by atoms with Gasteiger partial charge in [0, 0.05) is 6.54 Å². The highest BCUT2D eigenvalue weighted by atomic mass is 16.5. The lowest BCUT2D eigenvalue weighted by atomic mass is 9.88. The number of amides is 2. The van der Waals surface area contributed by atoms with E-state index in [1.807, 2.05) is 42.5 Å². The molecule has 7 heteroatoms. The summed E-state index contributed by atoms with van der Waals surface area (Å²) in [6.45, 7) is 4.01. The van der Waals surface area contributed by atoms with Crippen molar-refractivity contribution in [3.63, 3.8) is 0 Å². The summed E-state index contributed by atoms with van der Waals surface area (Å²) in [6.07, 6.45) is 0.631. The minimum Gasteiger partial charge on any atom is -0.493 e. The van der Waals surface area contributed by atoms with Crippen LogP contribution in [0.15, 0.2) is 42.5 Å². The maximum absolute atomic E-state index is 13.2. The summed E-state index contributed by atoms with van der Waals surface area (Å²) in [5.41, 5.74) is 2.96. The van der Waals surface area contributed by atoms with Gasteiger partial charge in [-0.15, -0.1) is 0 Å². The Kier molecular flexibility index (Phi) is 6.50. The second kappa shape index (κ2) is 9.07. The molecule has 1 aliphatic rings. The van der Waals surface area contributed by atoms with E-state index in [9.17, 15) is 14.7 Å². The first-order valence-electron chi connectivity index (χ1n) is 9.97. The largest absolute Gasteiger partial charge is 0.493 e. The normalized spacial score (nSPS) is 16.6. The molecule has 160 valence electrons. The highest BCUT2D eigenvalue weighted by Crippen LogP contribution is 2.41. The summed E-state index contributed by atoms with van der Waals surface area (Å²) in [6, 6.07) is 11.8. The zero-order valence-corrected chi connectivity index (χ0v) is 17.7. The molecule has 3 rings (SSSR count). The standard InChI is InChI=1S/C23H28N2O5/c1-14(2)20(22(26)27)24-23(28)25-11-10-16-12-18(29-3)19(30-4)13-17(16)21(25)15-8-6-5-7-9-15/h5-9,12-14,20-21H,10-11H2,1-4H3,(H,24,28)(H,26,27)/t20-,21-/m0/s1. The number of hydrogen-bond acceptors (Lipinski definition) is 4. The zero-order valence-electron chi connectivity index (χ0n) is 17.7. The molecule has 0 spiro atoms. The van der Waals surface area contributed by atoms with Crippen LogP contribution in [0.2, 0.25) is 0 Å². The molecule has 1 heterocycles. The predicted octanol–water partition coefficient (Wildman–Crippen LogP) is 3.47. The summed E-state index contributed by atoms with van der Waals surface area (Å²) < 4.78 is 10.9. The molecule has 0 unspecified atom stereocenters. The third-order valence-electron chi connectivity index (χ3n) is 5.46. The minimum absolute atomic E-state index is 0.233. The van der Waals surface area contributed by atoms with E-state index in [0.29, 0.717) is 24.5 Å². The fourth-order valence-corrected chi connectivity index (χ4v) is 3.89. The van der Waals surface area contributed by atoms with Crippen LogP contribution in [0, 0.1) is 5.92 Å². The molecule has 0 saturated heterocycles. The number of fused-ring (bicyclic) bond motifs is 1. The van der Waals surface area contributed by atoms with Crippen LogP contribution in [-0.2, 0) is 11.2 Å². The number of carboxylic acid groups (broad SMARTS) is 1. The van der Waals surface area contributed by atoms with Gasteiger partial charge in [0.15, 0.2) is 11.5 Å². The Morgan fingerprint density at radius 3 is 2.30 bits per heavy atom. The van der Waals surface area contributed by atoms with Crippen molar-refractivity contribution >= 4 is 12.0 Å². The molecular formula is C23H28N2O5. The number of carboxylic acids is 1. The molecule has 1 aliphatic heterocycles. The molecule has 30 heavy (non-hydrogen) atoms. The van der Waals surface area contributed by atoms with Gasteiger partial charge < -0.3 is 24.8 Å². The monoisotopic (exact) mass is 412 g/mol. The van der Waals surface area contributed by atoms with Crippen LogP contribution >= 0.6 is 0 Å². The van der Waals surface area contributed by atoms with Crippen LogP contribution in [-0.4, -0.2) is 48.8 Å². The molecule has 0 fully saturated rings. The summed E-state index contributed by atoms with van der Waals surface area (Å²) in [7, 11) is 3.18. The van der Waals surface area contributed by atoms with Gasteiger partial charge in [0.1, 0.15) is 6.04 Å². The SMILES string of the molecule is COc1cc2c(cc1OC)[C@H](c1ccccc1)N(C(=O)N[C@H](C(=O)O)C(C)C)CC2. The fourth-order valence-electron chi connectivity index (χ4n) is 3.89. The number of nitrogens with one attached hydrogen (secondary N) is 1. The molecule has 0 bridgehead atoms. The van der Waals surface area contributed by atoms with E-state index < -0.39 is 18.0 Å². The van der Waals surface area contributed by atoms with Crippen molar-refractivity contribution in [1.82, 2.24) is 10.2 Å². The molecular weight excluding hydrogens is 384 g/mol. The Balaban J connectivity index is 2.05. The molecule has 2 aromatic rings. The first kappa shape index (κ1) is 21.5. The Hall–Kier alpha value is -3.22. The van der Waals surface area contributed by atoms with Gasteiger partial charge in [0.05, 0.1) is 20.3 Å². The van der Waals surface area contributed by atoms with Crippen molar-refractivity contribution in [2.75, 3.05) is 20.8 Å². The van der Waals surface area contributed by atoms with Crippen LogP contribution in [0.25, 0.3) is 0 Å². The molecule has 0 aliphatic carbocycles. The van der Waals surface area contributed by atoms with Crippen LogP contribution in [0.4, 0.5) is 4.79 Å². The average Bonchev–Trinajstić information content (AvgIpc) is 2.75. The summed E-state index contributed by atoms with van der Waals surface area (Å²) >= 11 is 0. The average molecular weight is 412 g/mol. The van der Waals surface area contributed by atoms with Gasteiger partial charge in [0.25, 0.3) is 0 Å². The summed E-state index contributed by atoms with van der Waals surface area (Å²) in [5.74, 6) is -0.0433. The van der Waals surface area contributed by atoms with E-state index in [4.69, 9.17) is 9.47 Å². The molecule has 7 nitrogen and oxygen atoms in total. The summed E-state index contributed by atoms with van der Waals surface area (Å²) in [5, 5.41) is 12.2. The van der Waals surface area contributed by atoms with Gasteiger partial charge in [-0.05, 0) is 41.2 Å². The number of benzene rings is 2. The quantitative estimate of drug-likeness (QED) is 0.759. The van der Waals surface area contributed by atoms with E-state index in [1.165, 1.54) is 0 Å². The van der Waals surface area contributed by atoms with Gasteiger partial charge in [-0.3, -0.25) is 0 Å². The topological polar surface area (TPSA) is 88.1 Å². The van der Waals surface area contributed by atoms with Crippen molar-refractivity contribution in [1.29, 1.82) is 0 Å². The smallest absolute Gasteiger partial charge is 0.326 e. The van der Waals surface area contributed by atoms with Crippen LogP contribution in [0.5, 0.6) is 11.5 Å². The predicted molar refractivity (Wildman–Crippen MR) is 113 cm³/mol. The highest BCUT2D eigenvalue weighted by molar-refractivity contribution is 5.83.